The van der Waals surface area contributed by atoms with Crippen molar-refractivity contribution in [3.8, 4) is 5.75 Å². The number of aromatic carboxylic acids is 1. The first-order valence-electron chi connectivity index (χ1n) is 7.70. The molecule has 1 fully saturated rings. The number of methoxy groups -OCH3 is 1. The first-order chi connectivity index (χ1) is 11.1. The molecule has 1 aromatic rings. The van der Waals surface area contributed by atoms with Gasteiger partial charge >= 0.3 is 13.1 Å². The van der Waals surface area contributed by atoms with Gasteiger partial charge in [-0.3, -0.25) is 0 Å². The van der Waals surface area contributed by atoms with Crippen molar-refractivity contribution in [1.29, 1.82) is 0 Å². The third-order valence-electron chi connectivity index (χ3n) is 4.56. The fourth-order valence-corrected chi connectivity index (χ4v) is 2.45. The van der Waals surface area contributed by atoms with E-state index >= 15 is 0 Å². The van der Waals surface area contributed by atoms with Gasteiger partial charge in [0.1, 0.15) is 11.3 Å². The van der Waals surface area contributed by atoms with E-state index in [9.17, 15) is 15.0 Å². The Kier molecular flexibility index (Phi) is 5.08. The molecule has 6 nitrogen and oxygen atoms in total. The summed E-state index contributed by atoms with van der Waals surface area (Å²) in [4.78, 5) is 11.3. The molecule has 0 aromatic heterocycles. The molecule has 0 spiro atoms. The number of benzene rings is 1. The largest absolute Gasteiger partial charge is 0.495 e. The van der Waals surface area contributed by atoms with Crippen molar-refractivity contribution >= 4 is 19.2 Å². The van der Waals surface area contributed by atoms with Crippen molar-refractivity contribution in [2.45, 2.75) is 38.9 Å². The molecule has 1 aliphatic rings. The summed E-state index contributed by atoms with van der Waals surface area (Å²) >= 11 is 0. The first kappa shape index (κ1) is 18.5. The van der Waals surface area contributed by atoms with E-state index in [1.165, 1.54) is 13.2 Å². The van der Waals surface area contributed by atoms with Crippen LogP contribution in [0.1, 0.15) is 43.6 Å². The zero-order chi connectivity index (χ0) is 18.1. The van der Waals surface area contributed by atoms with E-state index in [2.05, 4.69) is 0 Å². The highest BCUT2D eigenvalue weighted by atomic mass is 16.7. The second-order valence-electron chi connectivity index (χ2n) is 6.70. The fourth-order valence-electron chi connectivity index (χ4n) is 2.45. The molecule has 1 aromatic carbocycles. The predicted octanol–water partition coefficient (Wildman–Crippen LogP) is 2.40. The van der Waals surface area contributed by atoms with Gasteiger partial charge in [-0.15, -0.1) is 0 Å². The number of para-hydroxylation sites is 1. The van der Waals surface area contributed by atoms with Crippen LogP contribution in [0.3, 0.4) is 0 Å². The number of hydrogen-bond acceptors (Lipinski definition) is 5. The SMILES string of the molecule is COc1c(C=C(CO)B2OC(C)(C)C(C)(C)O2)cccc1C(=O)O. The van der Waals surface area contributed by atoms with Crippen molar-refractivity contribution < 1.29 is 29.1 Å². The molecule has 0 atom stereocenters. The van der Waals surface area contributed by atoms with Gasteiger partial charge in [-0.2, -0.15) is 0 Å². The minimum Gasteiger partial charge on any atom is -0.495 e. The van der Waals surface area contributed by atoms with Crippen LogP contribution in [0.15, 0.2) is 23.7 Å². The Morgan fingerprint density at radius 2 is 1.83 bits per heavy atom. The van der Waals surface area contributed by atoms with E-state index in [1.807, 2.05) is 27.7 Å². The molecule has 0 amide bonds. The molecule has 130 valence electrons. The van der Waals surface area contributed by atoms with Crippen LogP contribution < -0.4 is 4.74 Å². The average Bonchev–Trinajstić information content (AvgIpc) is 2.72. The van der Waals surface area contributed by atoms with Gasteiger partial charge in [-0.05, 0) is 39.2 Å². The van der Waals surface area contributed by atoms with E-state index in [0.717, 1.165) is 0 Å². The maximum Gasteiger partial charge on any atom is 0.492 e. The van der Waals surface area contributed by atoms with Crippen molar-refractivity contribution in [2.75, 3.05) is 13.7 Å². The monoisotopic (exact) mass is 334 g/mol. The van der Waals surface area contributed by atoms with Crippen LogP contribution in [0.4, 0.5) is 0 Å². The number of hydrogen-bond donors (Lipinski definition) is 2. The van der Waals surface area contributed by atoms with Gasteiger partial charge in [0.25, 0.3) is 0 Å². The maximum atomic E-state index is 11.3. The summed E-state index contributed by atoms with van der Waals surface area (Å²) in [5.41, 5.74) is 0.0285. The van der Waals surface area contributed by atoms with Gasteiger partial charge < -0.3 is 24.3 Å². The van der Waals surface area contributed by atoms with Crippen molar-refractivity contribution in [1.82, 2.24) is 0 Å². The molecule has 0 bridgehead atoms. The van der Waals surface area contributed by atoms with E-state index < -0.39 is 24.3 Å². The number of carboxylic acid groups (broad SMARTS) is 1. The third-order valence-corrected chi connectivity index (χ3v) is 4.56. The summed E-state index contributed by atoms with van der Waals surface area (Å²) < 4.78 is 17.1. The molecule has 0 saturated carbocycles. The standard InChI is InChI=1S/C17H23BO6/c1-16(2)17(3,4)24-18(23-16)12(10-19)9-11-7-6-8-13(15(20)21)14(11)22-5/h6-9,19H,10H2,1-5H3,(H,20,21). The van der Waals surface area contributed by atoms with Crippen molar-refractivity contribution in [2.24, 2.45) is 0 Å². The molecule has 1 heterocycles. The average molecular weight is 334 g/mol. The number of carboxylic acids is 1. The van der Waals surface area contributed by atoms with Gasteiger partial charge in [0.2, 0.25) is 0 Å². The van der Waals surface area contributed by atoms with Crippen LogP contribution >= 0.6 is 0 Å². The first-order valence-corrected chi connectivity index (χ1v) is 7.70. The van der Waals surface area contributed by atoms with Crippen LogP contribution in [-0.4, -0.2) is 48.2 Å². The molecule has 1 saturated heterocycles. The van der Waals surface area contributed by atoms with E-state index in [0.29, 0.717) is 11.0 Å². The van der Waals surface area contributed by atoms with Gasteiger partial charge in [0, 0.05) is 5.56 Å². The van der Waals surface area contributed by atoms with Gasteiger partial charge in [0.15, 0.2) is 0 Å². The topological polar surface area (TPSA) is 85.2 Å². The lowest BCUT2D eigenvalue weighted by Crippen LogP contribution is -2.41. The molecule has 1 aliphatic heterocycles. The number of aliphatic hydroxyl groups excluding tert-OH is 1. The van der Waals surface area contributed by atoms with Crippen molar-refractivity contribution in [3.05, 3.63) is 34.8 Å². The van der Waals surface area contributed by atoms with Crippen LogP contribution in [0.2, 0.25) is 0 Å². The van der Waals surface area contributed by atoms with E-state index in [4.69, 9.17) is 14.0 Å². The van der Waals surface area contributed by atoms with E-state index in [1.54, 1.807) is 18.2 Å². The highest BCUT2D eigenvalue weighted by Crippen LogP contribution is 2.39. The molecule has 7 heteroatoms. The molecule has 2 N–H and O–H groups in total. The second kappa shape index (κ2) is 6.59. The summed E-state index contributed by atoms with van der Waals surface area (Å²) in [5, 5.41) is 19.0. The summed E-state index contributed by atoms with van der Waals surface area (Å²) in [5.74, 6) is -0.851. The smallest absolute Gasteiger partial charge is 0.492 e. The summed E-state index contributed by atoms with van der Waals surface area (Å²) in [7, 11) is 0.699. The quantitative estimate of drug-likeness (QED) is 0.805. The van der Waals surface area contributed by atoms with Crippen LogP contribution in [0.25, 0.3) is 6.08 Å². The summed E-state index contributed by atoms with van der Waals surface area (Å²) in [6.07, 6.45) is 1.65. The third kappa shape index (κ3) is 3.33. The summed E-state index contributed by atoms with van der Waals surface area (Å²) in [6, 6.07) is 4.80. The number of aliphatic hydroxyl groups is 1. The normalized spacial score (nSPS) is 19.4. The Balaban J connectivity index is 2.43. The van der Waals surface area contributed by atoms with Crippen LogP contribution in [-0.2, 0) is 9.31 Å². The highest BCUT2D eigenvalue weighted by molar-refractivity contribution is 6.55. The lowest BCUT2D eigenvalue weighted by Gasteiger charge is -2.32. The maximum absolute atomic E-state index is 11.3. The van der Waals surface area contributed by atoms with Crippen LogP contribution in [0.5, 0.6) is 5.75 Å². The van der Waals surface area contributed by atoms with Crippen LogP contribution in [0, 0.1) is 0 Å². The molecular weight excluding hydrogens is 311 g/mol. The Morgan fingerprint density at radius 1 is 1.25 bits per heavy atom. The van der Waals surface area contributed by atoms with Gasteiger partial charge in [-0.25, -0.2) is 4.79 Å². The number of carbonyl (C=O) groups is 1. The lowest BCUT2D eigenvalue weighted by atomic mass is 9.77. The number of ether oxygens (including phenoxy) is 1. The Hall–Kier alpha value is -1.83. The fraction of sp³-hybridized carbons (Fsp3) is 0.471. The van der Waals surface area contributed by atoms with Gasteiger partial charge in [-0.1, -0.05) is 18.2 Å². The molecule has 0 aliphatic carbocycles. The lowest BCUT2D eigenvalue weighted by molar-refractivity contribution is 0.00578. The Bertz CT molecular complexity index is 649. The summed E-state index contributed by atoms with van der Waals surface area (Å²) in [6.45, 7) is 7.42. The van der Waals surface area contributed by atoms with Gasteiger partial charge in [0.05, 0.1) is 24.9 Å². The predicted molar refractivity (Wildman–Crippen MR) is 91.1 cm³/mol. The van der Waals surface area contributed by atoms with Crippen molar-refractivity contribution in [3.63, 3.8) is 0 Å². The number of rotatable bonds is 5. The Morgan fingerprint density at radius 3 is 2.29 bits per heavy atom. The van der Waals surface area contributed by atoms with E-state index in [-0.39, 0.29) is 17.9 Å². The minimum absolute atomic E-state index is 0.0532. The molecular formula is C17H23BO6. The minimum atomic E-state index is -1.08. The molecule has 0 unspecified atom stereocenters. The highest BCUT2D eigenvalue weighted by Gasteiger charge is 2.52. The molecule has 24 heavy (non-hydrogen) atoms. The zero-order valence-electron chi connectivity index (χ0n) is 14.6. The molecule has 0 radical (unpaired) electrons. The molecule has 2 rings (SSSR count). The second-order valence-corrected chi connectivity index (χ2v) is 6.70. The Labute approximate surface area is 142 Å². The zero-order valence-corrected chi connectivity index (χ0v) is 14.6.